The minimum absolute atomic E-state index is 0.456. The van der Waals surface area contributed by atoms with Gasteiger partial charge < -0.3 is 11.1 Å². The minimum atomic E-state index is 0.456. The van der Waals surface area contributed by atoms with Gasteiger partial charge in [0.2, 0.25) is 0 Å². The molecule has 0 spiro atoms. The number of rotatable bonds is 3. The van der Waals surface area contributed by atoms with Crippen LogP contribution in [0.1, 0.15) is 0 Å². The molecule has 0 aliphatic heterocycles. The van der Waals surface area contributed by atoms with Crippen LogP contribution in [0.25, 0.3) is 5.82 Å². The van der Waals surface area contributed by atoms with Crippen molar-refractivity contribution in [2.75, 3.05) is 11.1 Å². The molecule has 0 amide bonds. The van der Waals surface area contributed by atoms with Crippen molar-refractivity contribution < 1.29 is 0 Å². The quantitative estimate of drug-likeness (QED) is 0.732. The molecule has 0 atom stereocenters. The maximum atomic E-state index is 6.07. The molecule has 0 aliphatic carbocycles. The van der Waals surface area contributed by atoms with Gasteiger partial charge in [-0.3, -0.25) is 9.55 Å². The average Bonchev–Trinajstić information content (AvgIpc) is 2.96. The Bertz CT molecular complexity index is 664. The van der Waals surface area contributed by atoms with Crippen LogP contribution in [-0.4, -0.2) is 24.5 Å². The minimum Gasteiger partial charge on any atom is -0.393 e. The van der Waals surface area contributed by atoms with E-state index >= 15 is 0 Å². The van der Waals surface area contributed by atoms with Crippen molar-refractivity contribution in [2.45, 2.75) is 0 Å². The fourth-order valence-corrected chi connectivity index (χ4v) is 1.65. The fraction of sp³-hybridized carbons (Fsp3) is 0. The van der Waals surface area contributed by atoms with Gasteiger partial charge in [-0.25, -0.2) is 15.0 Å². The van der Waals surface area contributed by atoms with E-state index in [1.54, 1.807) is 35.7 Å². The van der Waals surface area contributed by atoms with Gasteiger partial charge in [-0.05, 0) is 12.1 Å². The monoisotopic (exact) mass is 253 g/mol. The molecule has 0 saturated heterocycles. The Balaban J connectivity index is 1.97. The third-order valence-electron chi connectivity index (χ3n) is 2.55. The van der Waals surface area contributed by atoms with E-state index in [0.717, 1.165) is 5.69 Å². The highest BCUT2D eigenvalue weighted by atomic mass is 15.1. The summed E-state index contributed by atoms with van der Waals surface area (Å²) in [5.74, 6) is 1.13. The third kappa shape index (κ3) is 2.21. The molecule has 3 N–H and O–H groups in total. The van der Waals surface area contributed by atoms with Crippen LogP contribution in [-0.2, 0) is 0 Å². The number of nitrogen functional groups attached to an aromatic ring is 1. The maximum Gasteiger partial charge on any atom is 0.166 e. The van der Waals surface area contributed by atoms with Crippen molar-refractivity contribution >= 4 is 17.2 Å². The first-order chi connectivity index (χ1) is 9.34. The first-order valence-corrected chi connectivity index (χ1v) is 5.60. The van der Waals surface area contributed by atoms with Crippen LogP contribution in [0.2, 0.25) is 0 Å². The van der Waals surface area contributed by atoms with Gasteiger partial charge in [-0.1, -0.05) is 0 Å². The third-order valence-corrected chi connectivity index (χ3v) is 2.55. The number of imidazole rings is 1. The van der Waals surface area contributed by atoms with Gasteiger partial charge in [0.15, 0.2) is 11.6 Å². The van der Waals surface area contributed by atoms with Gasteiger partial charge in [0, 0.05) is 30.5 Å². The predicted octanol–water partition coefficient (Wildman–Crippen LogP) is 1.38. The zero-order chi connectivity index (χ0) is 13.1. The molecule has 0 radical (unpaired) electrons. The first kappa shape index (κ1) is 11.1. The van der Waals surface area contributed by atoms with E-state index in [0.29, 0.717) is 17.3 Å². The van der Waals surface area contributed by atoms with Crippen LogP contribution < -0.4 is 11.1 Å². The maximum absolute atomic E-state index is 6.07. The van der Waals surface area contributed by atoms with Crippen molar-refractivity contribution in [2.24, 2.45) is 0 Å². The van der Waals surface area contributed by atoms with Crippen LogP contribution in [0.5, 0.6) is 0 Å². The molecular formula is C12H11N7. The Morgan fingerprint density at radius 1 is 1.05 bits per heavy atom. The number of hydrogen-bond acceptors (Lipinski definition) is 6. The normalized spacial score (nSPS) is 10.3. The number of nitrogens with zero attached hydrogens (tertiary/aromatic N) is 5. The molecule has 0 aliphatic rings. The van der Waals surface area contributed by atoms with Gasteiger partial charge >= 0.3 is 0 Å². The molecule has 3 rings (SSSR count). The lowest BCUT2D eigenvalue weighted by molar-refractivity contribution is 0.977. The summed E-state index contributed by atoms with van der Waals surface area (Å²) < 4.78 is 1.73. The summed E-state index contributed by atoms with van der Waals surface area (Å²) in [6, 6.07) is 3.66. The summed E-state index contributed by atoms with van der Waals surface area (Å²) in [7, 11) is 0. The predicted molar refractivity (Wildman–Crippen MR) is 71.1 cm³/mol. The Hall–Kier alpha value is -2.96. The topological polar surface area (TPSA) is 94.5 Å². The summed E-state index contributed by atoms with van der Waals surface area (Å²) in [5.41, 5.74) is 7.38. The van der Waals surface area contributed by atoms with Crippen molar-refractivity contribution in [1.82, 2.24) is 24.5 Å². The Morgan fingerprint density at radius 3 is 2.63 bits per heavy atom. The van der Waals surface area contributed by atoms with Gasteiger partial charge in [0.05, 0.1) is 0 Å². The van der Waals surface area contributed by atoms with E-state index in [-0.39, 0.29) is 0 Å². The number of pyridine rings is 1. The average molecular weight is 253 g/mol. The molecule has 0 bridgehead atoms. The number of aromatic nitrogens is 5. The van der Waals surface area contributed by atoms with Crippen molar-refractivity contribution in [1.29, 1.82) is 0 Å². The smallest absolute Gasteiger partial charge is 0.166 e. The van der Waals surface area contributed by atoms with Gasteiger partial charge in [0.1, 0.15) is 18.3 Å². The fourth-order valence-electron chi connectivity index (χ4n) is 1.65. The highest BCUT2D eigenvalue weighted by molar-refractivity contribution is 5.73. The Labute approximate surface area is 109 Å². The summed E-state index contributed by atoms with van der Waals surface area (Å²) in [6.45, 7) is 0. The number of nitrogens with two attached hydrogens (primary N) is 1. The van der Waals surface area contributed by atoms with Crippen LogP contribution in [0.3, 0.4) is 0 Å². The highest BCUT2D eigenvalue weighted by Crippen LogP contribution is 2.24. The molecule has 0 aromatic carbocycles. The summed E-state index contributed by atoms with van der Waals surface area (Å²) in [5, 5.41) is 3.12. The second-order valence-electron chi connectivity index (χ2n) is 3.79. The number of anilines is 3. The number of hydrogen-bond donors (Lipinski definition) is 2. The lowest BCUT2D eigenvalue weighted by atomic mass is 10.3. The van der Waals surface area contributed by atoms with Crippen molar-refractivity contribution in [3.05, 3.63) is 49.6 Å². The van der Waals surface area contributed by atoms with Crippen LogP contribution >= 0.6 is 0 Å². The van der Waals surface area contributed by atoms with E-state index in [9.17, 15) is 0 Å². The van der Waals surface area contributed by atoms with Gasteiger partial charge in [-0.2, -0.15) is 0 Å². The molecule has 19 heavy (non-hydrogen) atoms. The summed E-state index contributed by atoms with van der Waals surface area (Å²) in [4.78, 5) is 16.2. The molecule has 3 heterocycles. The first-order valence-electron chi connectivity index (χ1n) is 5.60. The zero-order valence-electron chi connectivity index (χ0n) is 9.93. The largest absolute Gasteiger partial charge is 0.393 e. The highest BCUT2D eigenvalue weighted by Gasteiger charge is 2.09. The zero-order valence-corrected chi connectivity index (χ0v) is 9.93. The molecule has 3 aromatic heterocycles. The van der Waals surface area contributed by atoms with Crippen LogP contribution in [0.15, 0.2) is 49.6 Å². The van der Waals surface area contributed by atoms with Crippen LogP contribution in [0.4, 0.5) is 17.2 Å². The summed E-state index contributed by atoms with van der Waals surface area (Å²) in [6.07, 6.45) is 9.91. The van der Waals surface area contributed by atoms with E-state index in [1.807, 2.05) is 12.1 Å². The van der Waals surface area contributed by atoms with E-state index in [1.165, 1.54) is 6.33 Å². The van der Waals surface area contributed by atoms with Gasteiger partial charge in [0.25, 0.3) is 0 Å². The molecule has 94 valence electrons. The second kappa shape index (κ2) is 4.73. The lowest BCUT2D eigenvalue weighted by Gasteiger charge is -2.10. The van der Waals surface area contributed by atoms with Gasteiger partial charge in [-0.15, -0.1) is 0 Å². The SMILES string of the molecule is Nc1c(Nc2ccncc2)ncnc1-n1ccnc1. The molecule has 7 heteroatoms. The molecule has 0 unspecified atom stereocenters. The van der Waals surface area contributed by atoms with E-state index in [4.69, 9.17) is 5.73 Å². The van der Waals surface area contributed by atoms with Crippen molar-refractivity contribution in [3.8, 4) is 5.82 Å². The second-order valence-corrected chi connectivity index (χ2v) is 3.79. The standard InChI is InChI=1S/C12H11N7/c13-10-11(18-9-1-3-14-4-2-9)16-7-17-12(10)19-6-5-15-8-19/h1-8H,13H2,(H,14,16,17,18). The molecular weight excluding hydrogens is 242 g/mol. The van der Waals surface area contributed by atoms with E-state index < -0.39 is 0 Å². The molecule has 0 fully saturated rings. The molecule has 3 aromatic rings. The van der Waals surface area contributed by atoms with Crippen molar-refractivity contribution in [3.63, 3.8) is 0 Å². The lowest BCUT2D eigenvalue weighted by Crippen LogP contribution is -2.06. The molecule has 7 nitrogen and oxygen atoms in total. The Kier molecular flexibility index (Phi) is 2.77. The van der Waals surface area contributed by atoms with E-state index in [2.05, 4.69) is 25.3 Å². The molecule has 0 saturated carbocycles. The Morgan fingerprint density at radius 2 is 1.89 bits per heavy atom. The van der Waals surface area contributed by atoms with Crippen LogP contribution in [0, 0.1) is 0 Å². The summed E-state index contributed by atoms with van der Waals surface area (Å²) >= 11 is 0. The number of nitrogens with one attached hydrogen (secondary N) is 1.